The van der Waals surface area contributed by atoms with Crippen LogP contribution in [0.1, 0.15) is 23.2 Å². The van der Waals surface area contributed by atoms with E-state index in [1.165, 1.54) is 36.3 Å². The second kappa shape index (κ2) is 11.7. The summed E-state index contributed by atoms with van der Waals surface area (Å²) in [5.41, 5.74) is 0.777. The van der Waals surface area contributed by atoms with Crippen LogP contribution in [0.5, 0.6) is 0 Å². The molecule has 2 aromatic carbocycles. The molecule has 2 aliphatic rings. The average Bonchev–Trinajstić information content (AvgIpc) is 3.45. The number of hydrogen-bond donors (Lipinski definition) is 2. The fraction of sp³-hybridized carbons (Fsp3) is 0.400. The first-order valence-electron chi connectivity index (χ1n) is 12.0. The van der Waals surface area contributed by atoms with Gasteiger partial charge in [-0.25, -0.2) is 18.0 Å². The van der Waals surface area contributed by atoms with Crippen molar-refractivity contribution in [2.45, 2.75) is 29.9 Å². The van der Waals surface area contributed by atoms with Crippen molar-refractivity contribution in [2.24, 2.45) is 0 Å². The van der Waals surface area contributed by atoms with Gasteiger partial charge in [-0.3, -0.25) is 4.79 Å². The van der Waals surface area contributed by atoms with Gasteiger partial charge in [-0.05, 0) is 49.2 Å². The molecule has 0 aliphatic carbocycles. The smallest absolute Gasteiger partial charge is 0.337 e. The Morgan fingerprint density at radius 1 is 1.05 bits per heavy atom. The molecule has 0 saturated carbocycles. The number of anilines is 1. The quantitative estimate of drug-likeness (QED) is 0.520. The summed E-state index contributed by atoms with van der Waals surface area (Å²) in [4.78, 5) is 39.3. The van der Waals surface area contributed by atoms with Crippen LogP contribution < -0.4 is 10.6 Å². The van der Waals surface area contributed by atoms with Gasteiger partial charge in [0.05, 0.1) is 23.7 Å². The van der Waals surface area contributed by atoms with E-state index in [2.05, 4.69) is 15.4 Å². The summed E-state index contributed by atoms with van der Waals surface area (Å²) in [5, 5.41) is 5.54. The van der Waals surface area contributed by atoms with Gasteiger partial charge >= 0.3 is 12.0 Å². The Kier molecular flexibility index (Phi) is 8.41. The van der Waals surface area contributed by atoms with E-state index in [0.29, 0.717) is 17.9 Å². The number of nitrogens with zero attached hydrogens (tertiary/aromatic N) is 2. The number of amides is 3. The number of rotatable bonds is 7. The van der Waals surface area contributed by atoms with Gasteiger partial charge in [-0.15, -0.1) is 0 Å². The maximum absolute atomic E-state index is 13.4. The second-order valence-corrected chi connectivity index (χ2v) is 10.7. The van der Waals surface area contributed by atoms with Gasteiger partial charge in [0.25, 0.3) is 0 Å². The molecule has 2 N–H and O–H groups in total. The molecule has 2 heterocycles. The minimum absolute atomic E-state index is 0.0516. The summed E-state index contributed by atoms with van der Waals surface area (Å²) in [5.74, 6) is -0.986. The lowest BCUT2D eigenvalue weighted by atomic mass is 10.2. The van der Waals surface area contributed by atoms with Crippen molar-refractivity contribution in [3.05, 3.63) is 60.2 Å². The van der Waals surface area contributed by atoms with E-state index in [0.717, 1.165) is 17.1 Å². The Morgan fingerprint density at radius 2 is 1.78 bits per heavy atom. The molecule has 2 aromatic rings. The Morgan fingerprint density at radius 3 is 2.43 bits per heavy atom. The van der Waals surface area contributed by atoms with Crippen LogP contribution in [0, 0.1) is 0 Å². The fourth-order valence-electron chi connectivity index (χ4n) is 4.33. The number of urea groups is 1. The number of ether oxygens (including phenoxy) is 2. The van der Waals surface area contributed by atoms with Crippen molar-refractivity contribution in [3.63, 3.8) is 0 Å². The Balaban J connectivity index is 1.49. The average molecular weight is 531 g/mol. The third-order valence-corrected chi connectivity index (χ3v) is 8.28. The summed E-state index contributed by atoms with van der Waals surface area (Å²) < 4.78 is 38.2. The van der Waals surface area contributed by atoms with E-state index >= 15 is 0 Å². The van der Waals surface area contributed by atoms with E-state index in [4.69, 9.17) is 4.74 Å². The zero-order valence-electron chi connectivity index (χ0n) is 20.5. The van der Waals surface area contributed by atoms with Crippen molar-refractivity contribution < 1.29 is 32.3 Å². The number of esters is 1. The molecule has 11 nitrogen and oxygen atoms in total. The molecular formula is C25H30N4O7S. The third kappa shape index (κ3) is 6.27. The maximum atomic E-state index is 13.4. The largest absolute Gasteiger partial charge is 0.465 e. The number of sulfonamides is 1. The van der Waals surface area contributed by atoms with Crippen LogP contribution in [0.4, 0.5) is 10.5 Å². The minimum atomic E-state index is -3.98. The fourth-order valence-corrected chi connectivity index (χ4v) is 5.92. The molecule has 37 heavy (non-hydrogen) atoms. The molecule has 0 bridgehead atoms. The Hall–Kier alpha value is -3.48. The van der Waals surface area contributed by atoms with Crippen molar-refractivity contribution in [1.29, 1.82) is 0 Å². The SMILES string of the molecule is COC(=O)c1ccc(NC(=O)N2CCN(S(=O)(=O)c3ccccc3)C(C(=O)NCC3CCCO3)C2)cc1. The number of carbonyl (C=O) groups excluding carboxylic acids is 3. The maximum Gasteiger partial charge on any atom is 0.337 e. The first-order chi connectivity index (χ1) is 17.8. The second-order valence-electron chi connectivity index (χ2n) is 8.77. The van der Waals surface area contributed by atoms with Crippen LogP contribution in [-0.2, 0) is 24.3 Å². The molecule has 2 fully saturated rings. The van der Waals surface area contributed by atoms with Gasteiger partial charge in [-0.1, -0.05) is 18.2 Å². The van der Waals surface area contributed by atoms with Crippen LogP contribution in [-0.4, -0.2) is 87.6 Å². The molecular weight excluding hydrogens is 500 g/mol. The minimum Gasteiger partial charge on any atom is -0.465 e. The van der Waals surface area contributed by atoms with E-state index < -0.39 is 34.0 Å². The molecule has 2 atom stereocenters. The van der Waals surface area contributed by atoms with Gasteiger partial charge in [-0.2, -0.15) is 4.31 Å². The molecule has 12 heteroatoms. The number of benzene rings is 2. The zero-order valence-corrected chi connectivity index (χ0v) is 21.3. The normalized spacial score (nSPS) is 20.3. The highest BCUT2D eigenvalue weighted by molar-refractivity contribution is 7.89. The highest BCUT2D eigenvalue weighted by Crippen LogP contribution is 2.23. The Labute approximate surface area is 215 Å². The first kappa shape index (κ1) is 26.6. The van der Waals surface area contributed by atoms with E-state index in [-0.39, 0.29) is 37.2 Å². The van der Waals surface area contributed by atoms with Crippen molar-refractivity contribution in [2.75, 3.05) is 45.2 Å². The van der Waals surface area contributed by atoms with Gasteiger partial charge < -0.3 is 25.0 Å². The summed E-state index contributed by atoms with van der Waals surface area (Å²) >= 11 is 0. The van der Waals surface area contributed by atoms with Crippen molar-refractivity contribution >= 4 is 33.6 Å². The van der Waals surface area contributed by atoms with Crippen LogP contribution >= 0.6 is 0 Å². The number of nitrogens with one attached hydrogen (secondary N) is 2. The standard InChI is InChI=1S/C25H30N4O7S/c1-35-24(31)18-9-11-19(12-10-18)27-25(32)28-13-14-29(37(33,34)21-7-3-2-4-8-21)22(17-28)23(30)26-16-20-6-5-15-36-20/h2-4,7-12,20,22H,5-6,13-17H2,1H3,(H,26,30)(H,27,32). The lowest BCUT2D eigenvalue weighted by Crippen LogP contribution is -2.62. The summed E-state index contributed by atoms with van der Waals surface area (Å²) in [6.07, 6.45) is 1.62. The monoisotopic (exact) mass is 530 g/mol. The molecule has 0 aromatic heterocycles. The summed E-state index contributed by atoms with van der Waals surface area (Å²) in [6.45, 7) is 0.813. The van der Waals surface area contributed by atoms with Gasteiger partial charge in [0.15, 0.2) is 0 Å². The summed E-state index contributed by atoms with van der Waals surface area (Å²) in [7, 11) is -2.70. The predicted molar refractivity (Wildman–Crippen MR) is 134 cm³/mol. The van der Waals surface area contributed by atoms with E-state index in [1.54, 1.807) is 30.3 Å². The summed E-state index contributed by atoms with van der Waals surface area (Å²) in [6, 6.07) is 12.5. The van der Waals surface area contributed by atoms with Crippen molar-refractivity contribution in [1.82, 2.24) is 14.5 Å². The highest BCUT2D eigenvalue weighted by atomic mass is 32.2. The number of hydrogen-bond acceptors (Lipinski definition) is 7. The lowest BCUT2D eigenvalue weighted by molar-refractivity contribution is -0.126. The van der Waals surface area contributed by atoms with Gasteiger partial charge in [0.1, 0.15) is 6.04 Å². The molecule has 0 radical (unpaired) electrons. The van der Waals surface area contributed by atoms with E-state index in [9.17, 15) is 22.8 Å². The number of piperazine rings is 1. The van der Waals surface area contributed by atoms with Crippen LogP contribution in [0.2, 0.25) is 0 Å². The molecule has 0 spiro atoms. The molecule has 198 valence electrons. The number of methoxy groups -OCH3 is 1. The van der Waals surface area contributed by atoms with Crippen LogP contribution in [0.25, 0.3) is 0 Å². The molecule has 2 unspecified atom stereocenters. The van der Waals surface area contributed by atoms with Crippen LogP contribution in [0.15, 0.2) is 59.5 Å². The topological polar surface area (TPSA) is 134 Å². The van der Waals surface area contributed by atoms with Crippen LogP contribution in [0.3, 0.4) is 0 Å². The molecule has 3 amide bonds. The third-order valence-electron chi connectivity index (χ3n) is 6.36. The Bertz CT molecular complexity index is 1220. The van der Waals surface area contributed by atoms with Crippen molar-refractivity contribution in [3.8, 4) is 0 Å². The van der Waals surface area contributed by atoms with Gasteiger partial charge in [0.2, 0.25) is 15.9 Å². The first-order valence-corrected chi connectivity index (χ1v) is 13.4. The number of carbonyl (C=O) groups is 3. The van der Waals surface area contributed by atoms with E-state index in [1.807, 2.05) is 0 Å². The van der Waals surface area contributed by atoms with Gasteiger partial charge in [0, 0.05) is 38.5 Å². The highest BCUT2D eigenvalue weighted by Gasteiger charge is 2.41. The molecule has 2 saturated heterocycles. The predicted octanol–water partition coefficient (Wildman–Crippen LogP) is 1.68. The lowest BCUT2D eigenvalue weighted by Gasteiger charge is -2.39. The zero-order chi connectivity index (χ0) is 26.4. The molecule has 4 rings (SSSR count). The molecule has 2 aliphatic heterocycles.